The van der Waals surface area contributed by atoms with Gasteiger partial charge in [-0.2, -0.15) is 0 Å². The van der Waals surface area contributed by atoms with Gasteiger partial charge < -0.3 is 15.5 Å². The zero-order valence-corrected chi connectivity index (χ0v) is 17.6. The van der Waals surface area contributed by atoms with Crippen molar-refractivity contribution in [3.8, 4) is 5.75 Å². The molecule has 9 nitrogen and oxygen atoms in total. The van der Waals surface area contributed by atoms with Gasteiger partial charge in [0, 0.05) is 5.69 Å². The molecular formula is C22H18N4O5S. The fraction of sp³-hybridized carbons (Fsp3) is 0.0455. The van der Waals surface area contributed by atoms with E-state index in [4.69, 9.17) is 0 Å². The summed E-state index contributed by atoms with van der Waals surface area (Å²) in [6, 6.07) is 17.1. The van der Waals surface area contributed by atoms with Crippen molar-refractivity contribution >= 4 is 44.3 Å². The molecule has 0 amide bonds. The summed E-state index contributed by atoms with van der Waals surface area (Å²) in [7, 11) is -3.97. The van der Waals surface area contributed by atoms with Crippen molar-refractivity contribution in [3.63, 3.8) is 0 Å². The Kier molecular flexibility index (Phi) is 5.37. The number of fused-ring (bicyclic) bond motifs is 1. The summed E-state index contributed by atoms with van der Waals surface area (Å²) in [6.07, 6.45) is 0. The van der Waals surface area contributed by atoms with Gasteiger partial charge in [-0.15, -0.1) is 0 Å². The summed E-state index contributed by atoms with van der Waals surface area (Å²) in [6.45, 7) is 1.85. The molecule has 4 aromatic rings. The van der Waals surface area contributed by atoms with Gasteiger partial charge in [0.05, 0.1) is 15.9 Å². The monoisotopic (exact) mass is 450 g/mol. The van der Waals surface area contributed by atoms with E-state index in [-0.39, 0.29) is 27.8 Å². The number of carboxylic acids is 1. The third-order valence-electron chi connectivity index (χ3n) is 4.62. The number of nitrogens with one attached hydrogen (secondary N) is 2. The first-order valence-corrected chi connectivity index (χ1v) is 10.9. The summed E-state index contributed by atoms with van der Waals surface area (Å²) in [5.41, 5.74) is 1.85. The maximum Gasteiger partial charge on any atom is 0.339 e. The Morgan fingerprint density at radius 1 is 0.906 bits per heavy atom. The van der Waals surface area contributed by atoms with E-state index in [0.29, 0.717) is 11.0 Å². The number of phenols is 1. The zero-order valence-electron chi connectivity index (χ0n) is 16.8. The summed E-state index contributed by atoms with van der Waals surface area (Å²) in [5, 5.41) is 21.9. The number of hydrogen-bond donors (Lipinski definition) is 4. The Balaban J connectivity index is 1.78. The van der Waals surface area contributed by atoms with Crippen LogP contribution in [-0.4, -0.2) is 34.6 Å². The van der Waals surface area contributed by atoms with Gasteiger partial charge in [0.15, 0.2) is 11.6 Å². The van der Waals surface area contributed by atoms with E-state index in [0.717, 1.165) is 5.56 Å². The van der Waals surface area contributed by atoms with Crippen LogP contribution in [-0.2, 0) is 10.0 Å². The van der Waals surface area contributed by atoms with Gasteiger partial charge in [0.2, 0.25) is 0 Å². The standard InChI is InChI=1S/C22H18N4O5S/c1-13-6-9-15(10-7-13)32(30,31)26-21-20(24-17-4-2-3-5-18(17)25-21)23-14-8-11-19(27)16(12-14)22(28)29/h2-12,27H,1H3,(H,23,24)(H,25,26)(H,28,29). The number of hydrogen-bond acceptors (Lipinski definition) is 7. The van der Waals surface area contributed by atoms with Crippen molar-refractivity contribution in [1.82, 2.24) is 9.97 Å². The maximum atomic E-state index is 12.9. The molecule has 0 fully saturated rings. The number of aromatic nitrogens is 2. The molecule has 0 bridgehead atoms. The predicted molar refractivity (Wildman–Crippen MR) is 120 cm³/mol. The molecule has 0 aliphatic rings. The first kappa shape index (κ1) is 21.1. The van der Waals surface area contributed by atoms with Crippen LogP contribution < -0.4 is 10.0 Å². The number of sulfonamides is 1. The number of para-hydroxylation sites is 2. The van der Waals surface area contributed by atoms with Crippen molar-refractivity contribution in [2.75, 3.05) is 10.0 Å². The first-order chi connectivity index (χ1) is 15.2. The number of aromatic carboxylic acids is 1. The fourth-order valence-corrected chi connectivity index (χ4v) is 3.99. The molecule has 0 aliphatic carbocycles. The SMILES string of the molecule is Cc1ccc(S(=O)(=O)Nc2nc3ccccc3nc2Nc2ccc(O)c(C(=O)O)c2)cc1. The molecule has 4 N–H and O–H groups in total. The molecule has 0 unspecified atom stereocenters. The number of aromatic hydroxyl groups is 1. The van der Waals surface area contributed by atoms with Crippen LogP contribution in [0.2, 0.25) is 0 Å². The molecule has 0 saturated carbocycles. The Morgan fingerprint density at radius 3 is 2.16 bits per heavy atom. The van der Waals surface area contributed by atoms with Gasteiger partial charge in [0.25, 0.3) is 10.0 Å². The van der Waals surface area contributed by atoms with Gasteiger partial charge in [-0.25, -0.2) is 23.2 Å². The average molecular weight is 450 g/mol. The highest BCUT2D eigenvalue weighted by atomic mass is 32.2. The molecule has 0 atom stereocenters. The van der Waals surface area contributed by atoms with Crippen LogP contribution in [0.25, 0.3) is 11.0 Å². The lowest BCUT2D eigenvalue weighted by Gasteiger charge is -2.14. The smallest absolute Gasteiger partial charge is 0.339 e. The van der Waals surface area contributed by atoms with E-state index in [1.807, 2.05) is 6.92 Å². The van der Waals surface area contributed by atoms with Crippen LogP contribution >= 0.6 is 0 Å². The molecule has 3 aromatic carbocycles. The van der Waals surface area contributed by atoms with Crippen LogP contribution in [0.15, 0.2) is 71.6 Å². The van der Waals surface area contributed by atoms with Gasteiger partial charge >= 0.3 is 5.97 Å². The Morgan fingerprint density at radius 2 is 1.53 bits per heavy atom. The van der Waals surface area contributed by atoms with Crippen molar-refractivity contribution in [2.45, 2.75) is 11.8 Å². The van der Waals surface area contributed by atoms with E-state index in [2.05, 4.69) is 20.0 Å². The molecule has 4 rings (SSSR count). The molecule has 32 heavy (non-hydrogen) atoms. The number of carboxylic acid groups (broad SMARTS) is 1. The first-order valence-electron chi connectivity index (χ1n) is 9.42. The van der Waals surface area contributed by atoms with E-state index >= 15 is 0 Å². The van der Waals surface area contributed by atoms with Crippen molar-refractivity contribution in [1.29, 1.82) is 0 Å². The number of nitrogens with zero attached hydrogens (tertiary/aromatic N) is 2. The summed E-state index contributed by atoms with van der Waals surface area (Å²) in [4.78, 5) is 20.2. The normalized spacial score (nSPS) is 11.3. The van der Waals surface area contributed by atoms with Crippen LogP contribution in [0.5, 0.6) is 5.75 Å². The second-order valence-electron chi connectivity index (χ2n) is 6.99. The van der Waals surface area contributed by atoms with E-state index in [9.17, 15) is 23.4 Å². The molecule has 162 valence electrons. The number of carbonyl (C=O) groups is 1. The van der Waals surface area contributed by atoms with E-state index in [1.54, 1.807) is 36.4 Å². The summed E-state index contributed by atoms with van der Waals surface area (Å²) < 4.78 is 28.3. The molecule has 0 aliphatic heterocycles. The lowest BCUT2D eigenvalue weighted by atomic mass is 10.2. The second kappa shape index (κ2) is 8.16. The Bertz CT molecular complexity index is 1440. The molecular weight excluding hydrogens is 432 g/mol. The maximum absolute atomic E-state index is 12.9. The minimum absolute atomic E-state index is 0.0572. The number of aryl methyl sites for hydroxylation is 1. The number of rotatable bonds is 6. The third kappa shape index (κ3) is 4.30. The van der Waals surface area contributed by atoms with Gasteiger partial charge in [0.1, 0.15) is 11.3 Å². The molecule has 0 saturated heterocycles. The largest absolute Gasteiger partial charge is 0.507 e. The topological polar surface area (TPSA) is 142 Å². The predicted octanol–water partition coefficient (Wildman–Crippen LogP) is 3.89. The Labute approximate surface area is 183 Å². The second-order valence-corrected chi connectivity index (χ2v) is 8.67. The molecule has 0 spiro atoms. The summed E-state index contributed by atoms with van der Waals surface area (Å²) >= 11 is 0. The third-order valence-corrected chi connectivity index (χ3v) is 5.98. The fourth-order valence-electron chi connectivity index (χ4n) is 2.98. The van der Waals surface area contributed by atoms with Crippen LogP contribution in [0.3, 0.4) is 0 Å². The number of benzene rings is 3. The van der Waals surface area contributed by atoms with Crippen LogP contribution in [0, 0.1) is 6.92 Å². The highest BCUT2D eigenvalue weighted by molar-refractivity contribution is 7.92. The lowest BCUT2D eigenvalue weighted by molar-refractivity contribution is 0.0693. The molecule has 10 heteroatoms. The Hall–Kier alpha value is -4.18. The zero-order chi connectivity index (χ0) is 22.9. The molecule has 0 radical (unpaired) electrons. The minimum Gasteiger partial charge on any atom is -0.507 e. The van der Waals surface area contributed by atoms with Crippen molar-refractivity contribution < 1.29 is 23.4 Å². The lowest BCUT2D eigenvalue weighted by Crippen LogP contribution is -2.16. The average Bonchev–Trinajstić information content (AvgIpc) is 2.75. The van der Waals surface area contributed by atoms with Crippen molar-refractivity contribution in [2.24, 2.45) is 0 Å². The minimum atomic E-state index is -3.97. The highest BCUT2D eigenvalue weighted by Gasteiger charge is 2.19. The van der Waals surface area contributed by atoms with Gasteiger partial charge in [-0.3, -0.25) is 4.72 Å². The van der Waals surface area contributed by atoms with Crippen LogP contribution in [0.4, 0.5) is 17.3 Å². The quantitative estimate of drug-likeness (QED) is 0.324. The highest BCUT2D eigenvalue weighted by Crippen LogP contribution is 2.29. The van der Waals surface area contributed by atoms with Gasteiger partial charge in [-0.05, 0) is 49.4 Å². The number of anilines is 3. The van der Waals surface area contributed by atoms with Crippen molar-refractivity contribution in [3.05, 3.63) is 77.9 Å². The summed E-state index contributed by atoms with van der Waals surface area (Å²) in [5.74, 6) is -1.69. The van der Waals surface area contributed by atoms with Gasteiger partial charge in [-0.1, -0.05) is 29.8 Å². The molecule has 1 aromatic heterocycles. The van der Waals surface area contributed by atoms with E-state index in [1.165, 1.54) is 30.3 Å². The van der Waals surface area contributed by atoms with E-state index < -0.39 is 21.7 Å². The van der Waals surface area contributed by atoms with Crippen LogP contribution in [0.1, 0.15) is 15.9 Å². The molecule has 1 heterocycles.